The number of aliphatic hydroxyl groups is 1. The Kier molecular flexibility index (Phi) is 5.29. The molecule has 0 radical (unpaired) electrons. The Balaban J connectivity index is 1.49. The number of anilines is 1. The van der Waals surface area contributed by atoms with Crippen molar-refractivity contribution in [3.05, 3.63) is 59.3 Å². The molecule has 4 aliphatic rings. The predicted octanol–water partition coefficient (Wildman–Crippen LogP) is 2.85. The third kappa shape index (κ3) is 3.98. The number of nitrogens with zero attached hydrogens (tertiary/aromatic N) is 3. The van der Waals surface area contributed by atoms with Crippen LogP contribution in [0.25, 0.3) is 0 Å². The highest BCUT2D eigenvalue weighted by atomic mass is 16.3. The van der Waals surface area contributed by atoms with E-state index in [-0.39, 0.29) is 17.7 Å². The zero-order valence-corrected chi connectivity index (χ0v) is 18.1. The van der Waals surface area contributed by atoms with Crippen LogP contribution < -0.4 is 4.90 Å². The number of aromatic nitrogens is 1. The van der Waals surface area contributed by atoms with Crippen LogP contribution in [0, 0.1) is 23.7 Å². The van der Waals surface area contributed by atoms with Crippen LogP contribution in [0.1, 0.15) is 43.0 Å². The number of rotatable bonds is 3. The maximum Gasteiger partial charge on any atom is 0.231 e. The summed E-state index contributed by atoms with van der Waals surface area (Å²) in [7, 11) is 0. The monoisotopic (exact) mass is 415 g/mol. The first kappa shape index (κ1) is 20.2. The van der Waals surface area contributed by atoms with E-state index in [2.05, 4.69) is 28.9 Å². The van der Waals surface area contributed by atoms with Crippen molar-refractivity contribution in [3.63, 3.8) is 0 Å². The van der Waals surface area contributed by atoms with Gasteiger partial charge in [0.15, 0.2) is 0 Å². The van der Waals surface area contributed by atoms with Crippen molar-refractivity contribution in [2.45, 2.75) is 38.2 Å². The molecule has 0 unspecified atom stereocenters. The van der Waals surface area contributed by atoms with Crippen LogP contribution in [-0.2, 0) is 11.2 Å². The van der Waals surface area contributed by atoms with E-state index in [1.807, 2.05) is 37.3 Å². The average molecular weight is 416 g/mol. The number of pyridine rings is 1. The maximum absolute atomic E-state index is 12.5. The lowest BCUT2D eigenvalue weighted by Crippen LogP contribution is -2.58. The Morgan fingerprint density at radius 2 is 1.87 bits per heavy atom. The third-order valence-electron chi connectivity index (χ3n) is 7.06. The van der Waals surface area contributed by atoms with Crippen molar-refractivity contribution >= 4 is 11.7 Å². The van der Waals surface area contributed by atoms with Crippen LogP contribution in [-0.4, -0.2) is 52.7 Å². The molecule has 4 saturated heterocycles. The number of amides is 1. The molecular weight excluding hydrogens is 386 g/mol. The number of fused-ring (bicyclic) bond motifs is 3. The summed E-state index contributed by atoms with van der Waals surface area (Å²) in [5, 5.41) is 11.2. The number of carbonyl (C=O) groups excluding carboxylic acids is 1. The minimum atomic E-state index is -0.945. The molecule has 1 aromatic heterocycles. The number of piperidine rings is 3. The van der Waals surface area contributed by atoms with E-state index < -0.39 is 5.60 Å². The lowest BCUT2D eigenvalue weighted by atomic mass is 9.75. The number of hydrogen-bond acceptors (Lipinski definition) is 4. The smallest absolute Gasteiger partial charge is 0.231 e. The lowest BCUT2D eigenvalue weighted by Gasteiger charge is -2.47. The second-order valence-electron chi connectivity index (χ2n) is 9.23. The van der Waals surface area contributed by atoms with Gasteiger partial charge in [0.25, 0.3) is 0 Å². The summed E-state index contributed by atoms with van der Waals surface area (Å²) in [6, 6.07) is 14.1. The van der Waals surface area contributed by atoms with Crippen molar-refractivity contribution in [1.29, 1.82) is 0 Å². The fourth-order valence-electron chi connectivity index (χ4n) is 5.08. The Hall–Kier alpha value is -2.68. The summed E-state index contributed by atoms with van der Waals surface area (Å²) in [6.07, 6.45) is 3.52. The van der Waals surface area contributed by atoms with Crippen LogP contribution in [0.15, 0.2) is 42.5 Å². The lowest BCUT2D eigenvalue weighted by molar-refractivity contribution is -0.119. The summed E-state index contributed by atoms with van der Waals surface area (Å²) in [4.78, 5) is 21.5. The van der Waals surface area contributed by atoms with Crippen molar-refractivity contribution < 1.29 is 9.90 Å². The molecule has 0 spiro atoms. The zero-order valence-electron chi connectivity index (χ0n) is 18.1. The van der Waals surface area contributed by atoms with Gasteiger partial charge in [0.1, 0.15) is 11.4 Å². The van der Waals surface area contributed by atoms with Crippen LogP contribution in [0.3, 0.4) is 0 Å². The first-order valence-electron chi connectivity index (χ1n) is 11.3. The normalized spacial score (nSPS) is 29.7. The second-order valence-corrected chi connectivity index (χ2v) is 9.23. The summed E-state index contributed by atoms with van der Waals surface area (Å²) < 4.78 is 0. The van der Waals surface area contributed by atoms with Gasteiger partial charge in [-0.05, 0) is 50.0 Å². The molecule has 160 valence electrons. The highest BCUT2D eigenvalue weighted by molar-refractivity contribution is 5.96. The molecule has 0 aliphatic carbocycles. The first-order chi connectivity index (χ1) is 15.0. The van der Waals surface area contributed by atoms with E-state index >= 15 is 0 Å². The summed E-state index contributed by atoms with van der Waals surface area (Å²) >= 11 is 0. The SMILES string of the molecule is C[C@@H]1CCN(c2ccc(C#C[C@@]3(O)CN4CCC3CC4)c(Cc3ccccc3)n2)C1=O. The molecule has 31 heavy (non-hydrogen) atoms. The quantitative estimate of drug-likeness (QED) is 0.784. The van der Waals surface area contributed by atoms with E-state index in [4.69, 9.17) is 4.98 Å². The summed E-state index contributed by atoms with van der Waals surface area (Å²) in [6.45, 7) is 5.44. The van der Waals surface area contributed by atoms with Gasteiger partial charge in [-0.25, -0.2) is 4.98 Å². The van der Waals surface area contributed by atoms with Crippen LogP contribution >= 0.6 is 0 Å². The topological polar surface area (TPSA) is 56.7 Å². The van der Waals surface area contributed by atoms with Crippen LogP contribution in [0.2, 0.25) is 0 Å². The van der Waals surface area contributed by atoms with Gasteiger partial charge in [0.05, 0.1) is 5.69 Å². The molecule has 4 aliphatic heterocycles. The fraction of sp³-hybridized carbons (Fsp3) is 0.462. The molecule has 5 heteroatoms. The van der Waals surface area contributed by atoms with E-state index in [0.29, 0.717) is 25.3 Å². The Morgan fingerprint density at radius 1 is 1.10 bits per heavy atom. The van der Waals surface area contributed by atoms with Crippen molar-refractivity contribution in [2.24, 2.45) is 11.8 Å². The Morgan fingerprint density at radius 3 is 2.52 bits per heavy atom. The van der Waals surface area contributed by atoms with Crippen molar-refractivity contribution in [2.75, 3.05) is 31.1 Å². The minimum absolute atomic E-state index is 0.0461. The van der Waals surface area contributed by atoms with Gasteiger partial charge < -0.3 is 5.11 Å². The van der Waals surface area contributed by atoms with Gasteiger partial charge in [0.2, 0.25) is 5.91 Å². The molecule has 2 bridgehead atoms. The summed E-state index contributed by atoms with van der Waals surface area (Å²) in [5.41, 5.74) is 1.89. The van der Waals surface area contributed by atoms with Crippen molar-refractivity contribution in [3.8, 4) is 11.8 Å². The molecule has 5 nitrogen and oxygen atoms in total. The van der Waals surface area contributed by atoms with Gasteiger partial charge in [-0.2, -0.15) is 0 Å². The molecule has 2 aromatic rings. The van der Waals surface area contributed by atoms with E-state index in [0.717, 1.165) is 49.2 Å². The molecule has 4 fully saturated rings. The standard InChI is InChI=1S/C26H29N3O2/c1-19-10-16-29(25(19)30)24-8-7-21(23(27-24)17-20-5-3-2-4-6-20)9-13-26(31)18-28-14-11-22(26)12-15-28/h2-8,19,22,31H,10-12,14-18H2,1H3/t19-,26-/m1/s1. The largest absolute Gasteiger partial charge is 0.376 e. The Labute approximate surface area is 184 Å². The summed E-state index contributed by atoms with van der Waals surface area (Å²) in [5.74, 6) is 7.63. The fourth-order valence-corrected chi connectivity index (χ4v) is 5.08. The van der Waals surface area contributed by atoms with E-state index in [1.165, 1.54) is 0 Å². The van der Waals surface area contributed by atoms with Gasteiger partial charge in [-0.3, -0.25) is 14.6 Å². The second kappa shape index (κ2) is 8.11. The molecule has 1 aromatic carbocycles. The highest BCUT2D eigenvalue weighted by Crippen LogP contribution is 2.35. The molecule has 0 saturated carbocycles. The van der Waals surface area contributed by atoms with Gasteiger partial charge in [0, 0.05) is 36.9 Å². The number of carbonyl (C=O) groups is 1. The van der Waals surface area contributed by atoms with Crippen LogP contribution in [0.4, 0.5) is 5.82 Å². The molecular formula is C26H29N3O2. The van der Waals surface area contributed by atoms with Gasteiger partial charge in [-0.15, -0.1) is 0 Å². The molecule has 5 heterocycles. The van der Waals surface area contributed by atoms with Gasteiger partial charge in [-0.1, -0.05) is 49.1 Å². The highest BCUT2D eigenvalue weighted by Gasteiger charge is 2.44. The molecule has 1 N–H and O–H groups in total. The Bertz CT molecular complexity index is 1030. The maximum atomic E-state index is 12.5. The predicted molar refractivity (Wildman–Crippen MR) is 121 cm³/mol. The molecule has 2 atom stereocenters. The van der Waals surface area contributed by atoms with E-state index in [1.54, 1.807) is 4.90 Å². The third-order valence-corrected chi connectivity index (χ3v) is 7.06. The number of hydrogen-bond donors (Lipinski definition) is 1. The van der Waals surface area contributed by atoms with Gasteiger partial charge >= 0.3 is 0 Å². The minimum Gasteiger partial charge on any atom is -0.376 e. The first-order valence-corrected chi connectivity index (χ1v) is 11.3. The van der Waals surface area contributed by atoms with Crippen molar-refractivity contribution in [1.82, 2.24) is 9.88 Å². The molecule has 1 amide bonds. The molecule has 6 rings (SSSR count). The zero-order chi connectivity index (χ0) is 21.4. The average Bonchev–Trinajstić information content (AvgIpc) is 3.12. The van der Waals surface area contributed by atoms with E-state index in [9.17, 15) is 9.90 Å². The van der Waals surface area contributed by atoms with Crippen LogP contribution in [0.5, 0.6) is 0 Å². The number of benzene rings is 1.